The number of benzene rings is 3. The molecule has 0 amide bonds. The molecule has 7 heteroatoms. The van der Waals surface area contributed by atoms with Gasteiger partial charge >= 0.3 is 0 Å². The molecule has 3 aromatic carbocycles. The van der Waals surface area contributed by atoms with Crippen molar-refractivity contribution in [3.63, 3.8) is 0 Å². The van der Waals surface area contributed by atoms with Crippen LogP contribution in [0.1, 0.15) is 11.1 Å². The fourth-order valence-electron chi connectivity index (χ4n) is 3.13. The third-order valence-electron chi connectivity index (χ3n) is 4.72. The Morgan fingerprint density at radius 2 is 1.55 bits per heavy atom. The van der Waals surface area contributed by atoms with Crippen LogP contribution in [0.15, 0.2) is 60.7 Å². The number of methoxy groups -OCH3 is 3. The lowest BCUT2D eigenvalue weighted by Gasteiger charge is -2.14. The fourth-order valence-corrected chi connectivity index (χ4v) is 3.41. The Kier molecular flexibility index (Phi) is 8.45. The molecule has 0 bridgehead atoms. The molecule has 33 heavy (non-hydrogen) atoms. The van der Waals surface area contributed by atoms with Crippen LogP contribution in [0.3, 0.4) is 0 Å². The van der Waals surface area contributed by atoms with E-state index in [1.807, 2.05) is 30.3 Å². The summed E-state index contributed by atoms with van der Waals surface area (Å²) >= 11 is 6.47. The molecule has 0 unspecified atom stereocenters. The van der Waals surface area contributed by atoms with Crippen molar-refractivity contribution in [3.05, 3.63) is 76.8 Å². The summed E-state index contributed by atoms with van der Waals surface area (Å²) in [5, 5.41) is 10.1. The Labute approximate surface area is 198 Å². The minimum Gasteiger partial charge on any atom is -0.493 e. The van der Waals surface area contributed by atoms with E-state index in [1.54, 1.807) is 50.6 Å². The molecule has 3 rings (SSSR count). The first kappa shape index (κ1) is 23.8. The van der Waals surface area contributed by atoms with Gasteiger partial charge < -0.3 is 23.7 Å². The van der Waals surface area contributed by atoms with Crippen molar-refractivity contribution in [1.82, 2.24) is 0 Å². The molecule has 170 valence electrons. The first-order valence-corrected chi connectivity index (χ1v) is 10.5. The molecule has 0 aliphatic carbocycles. The lowest BCUT2D eigenvalue weighted by atomic mass is 10.0. The summed E-state index contributed by atoms with van der Waals surface area (Å²) in [5.74, 6) is 2.75. The van der Waals surface area contributed by atoms with Crippen LogP contribution in [0.4, 0.5) is 0 Å². The maximum absolute atomic E-state index is 9.73. The minimum absolute atomic E-state index is 0.287. The molecule has 0 N–H and O–H groups in total. The van der Waals surface area contributed by atoms with E-state index in [0.29, 0.717) is 51.3 Å². The van der Waals surface area contributed by atoms with Gasteiger partial charge in [-0.05, 0) is 59.7 Å². The van der Waals surface area contributed by atoms with Crippen LogP contribution < -0.4 is 23.7 Å². The van der Waals surface area contributed by atoms with Gasteiger partial charge in [0.15, 0.2) is 23.0 Å². The van der Waals surface area contributed by atoms with Gasteiger partial charge in [-0.15, -0.1) is 0 Å². The Bertz CT molecular complexity index is 1160. The number of hydrogen-bond donors (Lipinski definition) is 0. The molecular weight excluding hydrogens is 442 g/mol. The summed E-state index contributed by atoms with van der Waals surface area (Å²) in [6, 6.07) is 20.5. The van der Waals surface area contributed by atoms with E-state index in [1.165, 1.54) is 7.11 Å². The standard InChI is InChI=1S/C26H24ClNO5/c1-29-23-10-9-19(16-24(23)30-2)20(17-28)13-18-14-22(27)26(25(15-18)31-3)33-12-11-32-21-7-5-4-6-8-21/h4-10,13-16H,11-12H2,1-3H3/b20-13+. The largest absolute Gasteiger partial charge is 0.493 e. The molecule has 0 saturated heterocycles. The number of allylic oxidation sites excluding steroid dienone is 1. The second kappa shape index (κ2) is 11.7. The van der Waals surface area contributed by atoms with Gasteiger partial charge in [-0.3, -0.25) is 0 Å². The molecular formula is C26H24ClNO5. The second-order valence-corrected chi connectivity index (χ2v) is 7.19. The van der Waals surface area contributed by atoms with Gasteiger partial charge in [-0.2, -0.15) is 5.26 Å². The third-order valence-corrected chi connectivity index (χ3v) is 5.00. The van der Waals surface area contributed by atoms with Crippen molar-refractivity contribution in [3.8, 4) is 34.8 Å². The highest BCUT2D eigenvalue weighted by molar-refractivity contribution is 6.32. The zero-order chi connectivity index (χ0) is 23.6. The molecule has 0 fully saturated rings. The maximum atomic E-state index is 9.73. The first-order chi connectivity index (χ1) is 16.1. The molecule has 0 heterocycles. The van der Waals surface area contributed by atoms with Crippen molar-refractivity contribution in [2.75, 3.05) is 34.5 Å². The van der Waals surface area contributed by atoms with Gasteiger partial charge in [-0.1, -0.05) is 29.8 Å². The van der Waals surface area contributed by atoms with E-state index in [0.717, 1.165) is 5.75 Å². The van der Waals surface area contributed by atoms with Crippen LogP contribution in [-0.4, -0.2) is 34.5 Å². The molecule has 0 aromatic heterocycles. The van der Waals surface area contributed by atoms with Crippen LogP contribution in [0.2, 0.25) is 5.02 Å². The van der Waals surface area contributed by atoms with E-state index in [2.05, 4.69) is 6.07 Å². The zero-order valence-corrected chi connectivity index (χ0v) is 19.4. The van der Waals surface area contributed by atoms with Gasteiger partial charge in [0.1, 0.15) is 19.0 Å². The first-order valence-electron chi connectivity index (χ1n) is 10.1. The van der Waals surface area contributed by atoms with Crippen molar-refractivity contribution in [1.29, 1.82) is 5.26 Å². The zero-order valence-electron chi connectivity index (χ0n) is 18.6. The Hall–Kier alpha value is -3.82. The average molecular weight is 466 g/mol. The van der Waals surface area contributed by atoms with E-state index in [4.69, 9.17) is 35.3 Å². The molecule has 0 aliphatic heterocycles. The highest BCUT2D eigenvalue weighted by Gasteiger charge is 2.13. The topological polar surface area (TPSA) is 69.9 Å². The molecule has 0 radical (unpaired) electrons. The van der Waals surface area contributed by atoms with E-state index < -0.39 is 0 Å². The normalized spacial score (nSPS) is 10.8. The summed E-state index contributed by atoms with van der Waals surface area (Å²) in [5.41, 5.74) is 1.80. The number of ether oxygens (including phenoxy) is 5. The predicted molar refractivity (Wildman–Crippen MR) is 128 cm³/mol. The Morgan fingerprint density at radius 3 is 2.21 bits per heavy atom. The molecule has 0 atom stereocenters. The van der Waals surface area contributed by atoms with Crippen molar-refractivity contribution >= 4 is 23.3 Å². The third kappa shape index (κ3) is 6.12. The van der Waals surface area contributed by atoms with Gasteiger partial charge in [0.05, 0.1) is 38.0 Å². The van der Waals surface area contributed by atoms with Gasteiger partial charge in [0, 0.05) is 0 Å². The monoisotopic (exact) mass is 465 g/mol. The number of nitriles is 1. The van der Waals surface area contributed by atoms with Crippen LogP contribution >= 0.6 is 11.6 Å². The SMILES string of the molecule is COc1ccc(/C(C#N)=C/c2cc(Cl)c(OCCOc3ccccc3)c(OC)c2)cc1OC. The summed E-state index contributed by atoms with van der Waals surface area (Å²) in [7, 11) is 4.64. The minimum atomic E-state index is 0.287. The highest BCUT2D eigenvalue weighted by Crippen LogP contribution is 2.38. The smallest absolute Gasteiger partial charge is 0.179 e. The Balaban J connectivity index is 1.79. The summed E-state index contributed by atoms with van der Waals surface area (Å²) < 4.78 is 27.5. The summed E-state index contributed by atoms with van der Waals surface area (Å²) in [4.78, 5) is 0. The van der Waals surface area contributed by atoms with E-state index in [9.17, 15) is 5.26 Å². The summed E-state index contributed by atoms with van der Waals surface area (Å²) in [6.07, 6.45) is 1.72. The Morgan fingerprint density at radius 1 is 0.848 bits per heavy atom. The van der Waals surface area contributed by atoms with Crippen LogP contribution in [0.25, 0.3) is 11.6 Å². The number of nitrogens with zero attached hydrogens (tertiary/aromatic N) is 1. The number of rotatable bonds is 10. The number of halogens is 1. The van der Waals surface area contributed by atoms with Crippen LogP contribution in [0.5, 0.6) is 28.7 Å². The van der Waals surface area contributed by atoms with Crippen molar-refractivity contribution in [2.24, 2.45) is 0 Å². The fraction of sp³-hybridized carbons (Fsp3) is 0.192. The molecule has 0 aliphatic rings. The van der Waals surface area contributed by atoms with Gasteiger partial charge in [0.2, 0.25) is 0 Å². The molecule has 0 saturated carbocycles. The van der Waals surface area contributed by atoms with Crippen LogP contribution in [0, 0.1) is 11.3 Å². The maximum Gasteiger partial charge on any atom is 0.179 e. The molecule has 0 spiro atoms. The predicted octanol–water partition coefficient (Wildman–Crippen LogP) is 5.89. The van der Waals surface area contributed by atoms with E-state index >= 15 is 0 Å². The van der Waals surface area contributed by atoms with Crippen molar-refractivity contribution < 1.29 is 23.7 Å². The number of hydrogen-bond acceptors (Lipinski definition) is 6. The van der Waals surface area contributed by atoms with Gasteiger partial charge in [0.25, 0.3) is 0 Å². The van der Waals surface area contributed by atoms with Gasteiger partial charge in [-0.25, -0.2) is 0 Å². The second-order valence-electron chi connectivity index (χ2n) is 6.78. The quantitative estimate of drug-likeness (QED) is 0.211. The summed E-state index contributed by atoms with van der Waals surface area (Å²) in [6.45, 7) is 0.637. The highest BCUT2D eigenvalue weighted by atomic mass is 35.5. The lowest BCUT2D eigenvalue weighted by molar-refractivity contribution is 0.211. The lowest BCUT2D eigenvalue weighted by Crippen LogP contribution is -2.10. The van der Waals surface area contributed by atoms with Crippen LogP contribution in [-0.2, 0) is 0 Å². The molecule has 3 aromatic rings. The molecule has 6 nitrogen and oxygen atoms in total. The average Bonchev–Trinajstić information content (AvgIpc) is 2.85. The van der Waals surface area contributed by atoms with Crippen molar-refractivity contribution in [2.45, 2.75) is 0 Å². The number of para-hydroxylation sites is 1. The van der Waals surface area contributed by atoms with E-state index in [-0.39, 0.29) is 6.61 Å².